The molecule has 2 heteroatoms. The first-order valence-corrected chi connectivity index (χ1v) is 4.61. The van der Waals surface area contributed by atoms with Gasteiger partial charge in [-0.05, 0) is 42.4 Å². The van der Waals surface area contributed by atoms with Gasteiger partial charge >= 0.3 is 0 Å². The summed E-state index contributed by atoms with van der Waals surface area (Å²) >= 11 is 9.97. The zero-order valence-electron chi connectivity index (χ0n) is 6.47. The molecule has 0 saturated heterocycles. The third-order valence-corrected chi connectivity index (χ3v) is 2.14. The van der Waals surface area contributed by atoms with Crippen LogP contribution in [0.1, 0.15) is 11.1 Å². The first-order valence-electron chi connectivity index (χ1n) is 3.60. The Morgan fingerprint density at radius 2 is 2.18 bits per heavy atom. The Bertz CT molecular complexity index is 245. The maximum atomic E-state index is 5.80. The fourth-order valence-corrected chi connectivity index (χ4v) is 1.53. The Hall–Kier alpha value is -0.140. The molecular formula is C9H11ClS. The van der Waals surface area contributed by atoms with Crippen molar-refractivity contribution in [1.29, 1.82) is 0 Å². The van der Waals surface area contributed by atoms with Crippen molar-refractivity contribution >= 4 is 24.2 Å². The van der Waals surface area contributed by atoms with Crippen molar-refractivity contribution < 1.29 is 0 Å². The summed E-state index contributed by atoms with van der Waals surface area (Å²) < 4.78 is 0. The summed E-state index contributed by atoms with van der Waals surface area (Å²) in [5.41, 5.74) is 2.59. The van der Waals surface area contributed by atoms with Crippen LogP contribution in [-0.4, -0.2) is 5.75 Å². The lowest BCUT2D eigenvalue weighted by molar-refractivity contribution is 1.13. The molecule has 0 spiro atoms. The number of thiol groups is 1. The highest BCUT2D eigenvalue weighted by molar-refractivity contribution is 7.80. The van der Waals surface area contributed by atoms with Crippen LogP contribution < -0.4 is 0 Å². The van der Waals surface area contributed by atoms with Gasteiger partial charge in [0.2, 0.25) is 0 Å². The fraction of sp³-hybridized carbons (Fsp3) is 0.333. The topological polar surface area (TPSA) is 0 Å². The molecule has 0 amide bonds. The van der Waals surface area contributed by atoms with E-state index in [1.54, 1.807) is 0 Å². The van der Waals surface area contributed by atoms with E-state index < -0.39 is 0 Å². The predicted molar refractivity (Wildman–Crippen MR) is 53.7 cm³/mol. The van der Waals surface area contributed by atoms with Gasteiger partial charge in [-0.1, -0.05) is 17.7 Å². The highest BCUT2D eigenvalue weighted by Gasteiger charge is 1.96. The zero-order valence-corrected chi connectivity index (χ0v) is 8.12. The second-order valence-electron chi connectivity index (χ2n) is 2.54. The number of rotatable bonds is 2. The quantitative estimate of drug-likeness (QED) is 0.675. The molecule has 1 rings (SSSR count). The molecule has 0 atom stereocenters. The van der Waals surface area contributed by atoms with E-state index >= 15 is 0 Å². The standard InChI is InChI=1S/C9H11ClS/c1-7-6-9(10)3-2-8(7)4-5-11/h2-3,6,11H,4-5H2,1H3. The summed E-state index contributed by atoms with van der Waals surface area (Å²) in [6, 6.07) is 5.97. The second kappa shape index (κ2) is 4.03. The lowest BCUT2D eigenvalue weighted by Gasteiger charge is -2.02. The third-order valence-electron chi connectivity index (χ3n) is 1.69. The van der Waals surface area contributed by atoms with Crippen molar-refractivity contribution in [2.45, 2.75) is 13.3 Å². The molecule has 1 aromatic rings. The maximum Gasteiger partial charge on any atom is 0.0408 e. The van der Waals surface area contributed by atoms with Gasteiger partial charge in [-0.15, -0.1) is 0 Å². The van der Waals surface area contributed by atoms with Crippen LogP contribution in [0.3, 0.4) is 0 Å². The van der Waals surface area contributed by atoms with Crippen LogP contribution in [0, 0.1) is 6.92 Å². The van der Waals surface area contributed by atoms with Gasteiger partial charge in [0.05, 0.1) is 0 Å². The van der Waals surface area contributed by atoms with Gasteiger partial charge in [0.1, 0.15) is 0 Å². The zero-order chi connectivity index (χ0) is 8.27. The maximum absolute atomic E-state index is 5.80. The minimum atomic E-state index is 0.811. The van der Waals surface area contributed by atoms with E-state index in [1.165, 1.54) is 11.1 Å². The van der Waals surface area contributed by atoms with Gasteiger partial charge in [0.15, 0.2) is 0 Å². The van der Waals surface area contributed by atoms with E-state index in [-0.39, 0.29) is 0 Å². The molecular weight excluding hydrogens is 176 g/mol. The van der Waals surface area contributed by atoms with E-state index in [4.69, 9.17) is 11.6 Å². The van der Waals surface area contributed by atoms with Gasteiger partial charge in [-0.3, -0.25) is 0 Å². The van der Waals surface area contributed by atoms with Crippen molar-refractivity contribution in [1.82, 2.24) is 0 Å². The van der Waals surface area contributed by atoms with Crippen LogP contribution in [0.2, 0.25) is 5.02 Å². The predicted octanol–water partition coefficient (Wildman–Crippen LogP) is 3.12. The molecule has 0 heterocycles. The van der Waals surface area contributed by atoms with Crippen LogP contribution in [0.5, 0.6) is 0 Å². The lowest BCUT2D eigenvalue weighted by atomic mass is 10.1. The van der Waals surface area contributed by atoms with Crippen LogP contribution in [0.25, 0.3) is 0 Å². The van der Waals surface area contributed by atoms with Crippen molar-refractivity contribution in [3.8, 4) is 0 Å². The van der Waals surface area contributed by atoms with Gasteiger partial charge in [0.25, 0.3) is 0 Å². The van der Waals surface area contributed by atoms with E-state index in [2.05, 4.69) is 25.6 Å². The summed E-state index contributed by atoms with van der Waals surface area (Å²) in [5, 5.41) is 0.811. The minimum absolute atomic E-state index is 0.811. The fourth-order valence-electron chi connectivity index (χ4n) is 1.06. The number of benzene rings is 1. The molecule has 0 nitrogen and oxygen atoms in total. The molecule has 0 aliphatic rings. The Balaban J connectivity index is 2.90. The molecule has 0 radical (unpaired) electrons. The van der Waals surface area contributed by atoms with Crippen molar-refractivity contribution in [2.24, 2.45) is 0 Å². The highest BCUT2D eigenvalue weighted by Crippen LogP contribution is 2.15. The molecule has 0 fully saturated rings. The first kappa shape index (κ1) is 8.95. The van der Waals surface area contributed by atoms with Crippen LogP contribution in [0.4, 0.5) is 0 Å². The Labute approximate surface area is 78.0 Å². The average Bonchev–Trinajstić information content (AvgIpc) is 1.95. The smallest absolute Gasteiger partial charge is 0.0408 e. The normalized spacial score (nSPS) is 10.1. The molecule has 0 aliphatic carbocycles. The first-order chi connectivity index (χ1) is 5.24. The molecule has 0 saturated carbocycles. The van der Waals surface area contributed by atoms with E-state index in [0.717, 1.165) is 17.2 Å². The van der Waals surface area contributed by atoms with Crippen LogP contribution >= 0.6 is 24.2 Å². The summed E-state index contributed by atoms with van der Waals surface area (Å²) in [4.78, 5) is 0. The van der Waals surface area contributed by atoms with Gasteiger partial charge in [-0.25, -0.2) is 0 Å². The Morgan fingerprint density at radius 1 is 1.45 bits per heavy atom. The summed E-state index contributed by atoms with van der Waals surface area (Å²) in [6.07, 6.45) is 1.02. The summed E-state index contributed by atoms with van der Waals surface area (Å²) in [6.45, 7) is 2.07. The molecule has 0 aromatic heterocycles. The van der Waals surface area contributed by atoms with E-state index in [0.29, 0.717) is 0 Å². The molecule has 0 unspecified atom stereocenters. The Morgan fingerprint density at radius 3 is 2.73 bits per heavy atom. The summed E-state index contributed by atoms with van der Waals surface area (Å²) in [5.74, 6) is 0.891. The van der Waals surface area contributed by atoms with Crippen molar-refractivity contribution in [3.05, 3.63) is 34.3 Å². The molecule has 1 aromatic carbocycles. The van der Waals surface area contributed by atoms with E-state index in [1.807, 2.05) is 12.1 Å². The molecule has 0 N–H and O–H groups in total. The number of hydrogen-bond donors (Lipinski definition) is 1. The minimum Gasteiger partial charge on any atom is -0.179 e. The largest absolute Gasteiger partial charge is 0.179 e. The van der Waals surface area contributed by atoms with Crippen molar-refractivity contribution in [3.63, 3.8) is 0 Å². The van der Waals surface area contributed by atoms with Crippen LogP contribution in [-0.2, 0) is 6.42 Å². The Kier molecular flexibility index (Phi) is 3.28. The average molecular weight is 187 g/mol. The highest BCUT2D eigenvalue weighted by atomic mass is 35.5. The second-order valence-corrected chi connectivity index (χ2v) is 3.43. The van der Waals surface area contributed by atoms with Crippen LogP contribution in [0.15, 0.2) is 18.2 Å². The van der Waals surface area contributed by atoms with Gasteiger partial charge in [0, 0.05) is 5.02 Å². The number of hydrogen-bond acceptors (Lipinski definition) is 1. The van der Waals surface area contributed by atoms with Gasteiger partial charge in [-0.2, -0.15) is 12.6 Å². The van der Waals surface area contributed by atoms with Crippen molar-refractivity contribution in [2.75, 3.05) is 5.75 Å². The van der Waals surface area contributed by atoms with Gasteiger partial charge < -0.3 is 0 Å². The number of aryl methyl sites for hydroxylation is 2. The summed E-state index contributed by atoms with van der Waals surface area (Å²) in [7, 11) is 0. The molecule has 60 valence electrons. The monoisotopic (exact) mass is 186 g/mol. The van der Waals surface area contributed by atoms with E-state index in [9.17, 15) is 0 Å². The SMILES string of the molecule is Cc1cc(Cl)ccc1CCS. The lowest BCUT2D eigenvalue weighted by Crippen LogP contribution is -1.89. The third kappa shape index (κ3) is 2.42. The molecule has 11 heavy (non-hydrogen) atoms. The molecule has 0 aliphatic heterocycles. The molecule has 0 bridgehead atoms. The number of halogens is 1.